The van der Waals surface area contributed by atoms with Crippen molar-refractivity contribution in [2.75, 3.05) is 23.9 Å². The molecule has 0 aliphatic carbocycles. The largest absolute Gasteiger partial charge is 0.381 e. The van der Waals surface area contributed by atoms with Crippen molar-refractivity contribution in [3.05, 3.63) is 23.8 Å². The smallest absolute Gasteiger partial charge is 0.240 e. The summed E-state index contributed by atoms with van der Waals surface area (Å²) in [5.74, 6) is 0.327. The van der Waals surface area contributed by atoms with Gasteiger partial charge in [-0.3, -0.25) is 0 Å². The van der Waals surface area contributed by atoms with Crippen LogP contribution in [0.3, 0.4) is 0 Å². The Morgan fingerprint density at radius 3 is 2.62 bits per heavy atom. The standard InChI is InChI=1S/C13H20N2O4S2/c1-10-5-6-12(21(18,19)14-2)8-13(10)15-11-4-3-7-20(16,17)9-11/h5-6,8,11,14-15H,3-4,7,9H2,1-2H3. The van der Waals surface area contributed by atoms with Crippen LogP contribution in [-0.4, -0.2) is 41.4 Å². The van der Waals surface area contributed by atoms with Gasteiger partial charge in [0.15, 0.2) is 9.84 Å². The molecule has 0 saturated carbocycles. The van der Waals surface area contributed by atoms with Gasteiger partial charge in [-0.1, -0.05) is 6.07 Å². The summed E-state index contributed by atoms with van der Waals surface area (Å²) < 4.78 is 49.2. The first-order valence-electron chi connectivity index (χ1n) is 6.75. The van der Waals surface area contributed by atoms with Crippen LogP contribution in [0.4, 0.5) is 5.69 Å². The average Bonchev–Trinajstić information content (AvgIpc) is 2.40. The number of aryl methyl sites for hydroxylation is 1. The van der Waals surface area contributed by atoms with E-state index in [4.69, 9.17) is 0 Å². The molecular weight excluding hydrogens is 312 g/mol. The summed E-state index contributed by atoms with van der Waals surface area (Å²) in [4.78, 5) is 0.164. The van der Waals surface area contributed by atoms with Crippen molar-refractivity contribution in [1.29, 1.82) is 0 Å². The van der Waals surface area contributed by atoms with Gasteiger partial charge < -0.3 is 5.32 Å². The molecule has 1 atom stereocenters. The van der Waals surface area contributed by atoms with Gasteiger partial charge in [-0.15, -0.1) is 0 Å². The minimum absolute atomic E-state index is 0.0927. The van der Waals surface area contributed by atoms with Gasteiger partial charge in [0, 0.05) is 11.7 Å². The molecule has 2 rings (SSSR count). The van der Waals surface area contributed by atoms with Crippen LogP contribution in [-0.2, 0) is 19.9 Å². The molecule has 118 valence electrons. The predicted molar refractivity (Wildman–Crippen MR) is 82.7 cm³/mol. The van der Waals surface area contributed by atoms with Crippen LogP contribution >= 0.6 is 0 Å². The molecule has 0 spiro atoms. The molecule has 1 aliphatic rings. The topological polar surface area (TPSA) is 92.3 Å². The summed E-state index contributed by atoms with van der Waals surface area (Å²) in [6, 6.07) is 4.62. The van der Waals surface area contributed by atoms with Crippen LogP contribution in [0.15, 0.2) is 23.1 Å². The van der Waals surface area contributed by atoms with Gasteiger partial charge in [-0.25, -0.2) is 21.6 Å². The van der Waals surface area contributed by atoms with Crippen LogP contribution in [0.5, 0.6) is 0 Å². The second-order valence-electron chi connectivity index (χ2n) is 5.28. The Labute approximate surface area is 125 Å². The van der Waals surface area contributed by atoms with E-state index in [-0.39, 0.29) is 22.4 Å². The molecule has 21 heavy (non-hydrogen) atoms. The Morgan fingerprint density at radius 2 is 2.00 bits per heavy atom. The monoisotopic (exact) mass is 332 g/mol. The summed E-state index contributed by atoms with van der Waals surface area (Å²) in [7, 11) is -5.15. The zero-order valence-electron chi connectivity index (χ0n) is 12.1. The number of rotatable bonds is 4. The first-order chi connectivity index (χ1) is 9.73. The van der Waals surface area contributed by atoms with Gasteiger partial charge in [0.05, 0.1) is 16.4 Å². The SMILES string of the molecule is CNS(=O)(=O)c1ccc(C)c(NC2CCCS(=O)(=O)C2)c1. The Morgan fingerprint density at radius 1 is 1.29 bits per heavy atom. The van der Waals surface area contributed by atoms with Crippen LogP contribution < -0.4 is 10.0 Å². The molecule has 2 N–H and O–H groups in total. The first-order valence-corrected chi connectivity index (χ1v) is 10.1. The van der Waals surface area contributed by atoms with Crippen LogP contribution in [0.25, 0.3) is 0 Å². The number of nitrogens with one attached hydrogen (secondary N) is 2. The third-order valence-electron chi connectivity index (χ3n) is 3.61. The lowest BCUT2D eigenvalue weighted by Crippen LogP contribution is -2.35. The van der Waals surface area contributed by atoms with E-state index in [2.05, 4.69) is 10.0 Å². The predicted octanol–water partition coefficient (Wildman–Crippen LogP) is 0.892. The van der Waals surface area contributed by atoms with Crippen LogP contribution in [0.1, 0.15) is 18.4 Å². The molecule has 0 radical (unpaired) electrons. The molecular formula is C13H20N2O4S2. The molecule has 8 heteroatoms. The molecule has 0 amide bonds. The summed E-state index contributed by atoms with van der Waals surface area (Å²) in [6.45, 7) is 1.86. The maximum atomic E-state index is 11.8. The molecule has 1 saturated heterocycles. The van der Waals surface area contributed by atoms with E-state index in [0.29, 0.717) is 12.1 Å². The normalized spacial score (nSPS) is 21.9. The van der Waals surface area contributed by atoms with Crippen molar-refractivity contribution in [1.82, 2.24) is 4.72 Å². The van der Waals surface area contributed by atoms with E-state index in [9.17, 15) is 16.8 Å². The Kier molecular flexibility index (Phi) is 4.60. The van der Waals surface area contributed by atoms with E-state index in [1.807, 2.05) is 6.92 Å². The highest BCUT2D eigenvalue weighted by molar-refractivity contribution is 7.91. The number of sulfone groups is 1. The molecule has 0 aromatic heterocycles. The highest BCUT2D eigenvalue weighted by atomic mass is 32.2. The second kappa shape index (κ2) is 5.94. The fraction of sp³-hybridized carbons (Fsp3) is 0.538. The van der Waals surface area contributed by atoms with Gasteiger partial charge in [0.25, 0.3) is 0 Å². The van der Waals surface area contributed by atoms with Gasteiger partial charge in [-0.05, 0) is 44.5 Å². The lowest BCUT2D eigenvalue weighted by molar-refractivity contribution is 0.561. The van der Waals surface area contributed by atoms with Crippen molar-refractivity contribution in [2.24, 2.45) is 0 Å². The van der Waals surface area contributed by atoms with Gasteiger partial charge in [0.2, 0.25) is 10.0 Å². The van der Waals surface area contributed by atoms with Crippen molar-refractivity contribution < 1.29 is 16.8 Å². The molecule has 6 nitrogen and oxygen atoms in total. The zero-order valence-corrected chi connectivity index (χ0v) is 13.7. The van der Waals surface area contributed by atoms with E-state index in [1.165, 1.54) is 13.1 Å². The quantitative estimate of drug-likeness (QED) is 0.854. The first kappa shape index (κ1) is 16.3. The number of hydrogen-bond donors (Lipinski definition) is 2. The molecule has 1 aromatic rings. The lowest BCUT2D eigenvalue weighted by atomic mass is 10.1. The van der Waals surface area contributed by atoms with Gasteiger partial charge in [-0.2, -0.15) is 0 Å². The maximum Gasteiger partial charge on any atom is 0.240 e. The van der Waals surface area contributed by atoms with Crippen molar-refractivity contribution in [3.63, 3.8) is 0 Å². The second-order valence-corrected chi connectivity index (χ2v) is 9.40. The third-order valence-corrected chi connectivity index (χ3v) is 6.84. The molecule has 1 aliphatic heterocycles. The van der Waals surface area contributed by atoms with Gasteiger partial charge in [0.1, 0.15) is 0 Å². The van der Waals surface area contributed by atoms with E-state index >= 15 is 0 Å². The maximum absolute atomic E-state index is 11.8. The molecule has 1 fully saturated rings. The molecule has 1 unspecified atom stereocenters. The average molecular weight is 332 g/mol. The van der Waals surface area contributed by atoms with Gasteiger partial charge >= 0.3 is 0 Å². The number of benzene rings is 1. The number of hydrogen-bond acceptors (Lipinski definition) is 5. The van der Waals surface area contributed by atoms with E-state index in [0.717, 1.165) is 12.0 Å². The van der Waals surface area contributed by atoms with Crippen LogP contribution in [0, 0.1) is 6.92 Å². The molecule has 1 heterocycles. The van der Waals surface area contributed by atoms with Crippen molar-refractivity contribution in [3.8, 4) is 0 Å². The third kappa shape index (κ3) is 3.96. The minimum atomic E-state index is -3.51. The minimum Gasteiger partial charge on any atom is -0.381 e. The highest BCUT2D eigenvalue weighted by Crippen LogP contribution is 2.23. The fourth-order valence-corrected chi connectivity index (χ4v) is 4.79. The molecule has 1 aromatic carbocycles. The highest BCUT2D eigenvalue weighted by Gasteiger charge is 2.25. The Bertz CT molecular complexity index is 727. The lowest BCUT2D eigenvalue weighted by Gasteiger charge is -2.25. The van der Waals surface area contributed by atoms with E-state index in [1.54, 1.807) is 12.1 Å². The number of sulfonamides is 1. The van der Waals surface area contributed by atoms with Crippen molar-refractivity contribution in [2.45, 2.75) is 30.7 Å². The zero-order chi connectivity index (χ0) is 15.7. The van der Waals surface area contributed by atoms with E-state index < -0.39 is 19.9 Å². The Hall–Kier alpha value is -1.12. The molecule has 0 bridgehead atoms. The summed E-state index contributed by atoms with van der Waals surface area (Å²) >= 11 is 0. The summed E-state index contributed by atoms with van der Waals surface area (Å²) in [5, 5.41) is 3.17. The summed E-state index contributed by atoms with van der Waals surface area (Å²) in [6.07, 6.45) is 1.40. The fourth-order valence-electron chi connectivity index (χ4n) is 2.40. The van der Waals surface area contributed by atoms with Crippen molar-refractivity contribution >= 4 is 25.5 Å². The Balaban J connectivity index is 2.26. The van der Waals surface area contributed by atoms with Crippen LogP contribution in [0.2, 0.25) is 0 Å². The number of anilines is 1. The summed E-state index contributed by atoms with van der Waals surface area (Å²) in [5.41, 5.74) is 1.54.